The fraction of sp³-hybridized carbons (Fsp3) is 0.875. The Morgan fingerprint density at radius 3 is 2.52 bits per heavy atom. The summed E-state index contributed by atoms with van der Waals surface area (Å²) in [5.74, 6) is 0.220. The summed E-state index contributed by atoms with van der Waals surface area (Å²) in [5.41, 5.74) is -1.05. The van der Waals surface area contributed by atoms with Crippen LogP contribution in [0.3, 0.4) is 0 Å². The number of urea groups is 1. The molecule has 1 aliphatic carbocycles. The highest BCUT2D eigenvalue weighted by Crippen LogP contribution is 2.32. The van der Waals surface area contributed by atoms with Crippen molar-refractivity contribution >= 4 is 12.0 Å². The lowest BCUT2D eigenvalue weighted by Crippen LogP contribution is -2.60. The van der Waals surface area contributed by atoms with Crippen LogP contribution in [-0.2, 0) is 4.79 Å². The average molecular weight is 296 g/mol. The van der Waals surface area contributed by atoms with Crippen LogP contribution in [0.15, 0.2) is 0 Å². The molecule has 1 saturated carbocycles. The molecule has 21 heavy (non-hydrogen) atoms. The van der Waals surface area contributed by atoms with E-state index in [1.165, 1.54) is 6.42 Å². The minimum absolute atomic E-state index is 0.190. The first-order valence-electron chi connectivity index (χ1n) is 8.27. The standard InChI is InChI=1S/C16H28N2O3/c1-3-13-5-4-10-18(11-13)15(21)17-16(14(19)20)8-6-12(2)7-9-16/h12-13H,3-11H2,1-2H3,(H,17,21)(H,19,20). The quantitative estimate of drug-likeness (QED) is 0.841. The van der Waals surface area contributed by atoms with Crippen LogP contribution < -0.4 is 5.32 Å². The molecule has 0 spiro atoms. The highest BCUT2D eigenvalue weighted by Gasteiger charge is 2.43. The summed E-state index contributed by atoms with van der Waals surface area (Å²) in [5, 5.41) is 12.4. The molecule has 0 aromatic heterocycles. The number of aliphatic carboxylic acids is 1. The van der Waals surface area contributed by atoms with Gasteiger partial charge in [-0.2, -0.15) is 0 Å². The second kappa shape index (κ2) is 6.67. The number of hydrogen-bond donors (Lipinski definition) is 2. The first-order chi connectivity index (χ1) is 9.97. The minimum atomic E-state index is -1.05. The monoisotopic (exact) mass is 296 g/mol. The van der Waals surface area contributed by atoms with Crippen LogP contribution in [0.1, 0.15) is 58.8 Å². The van der Waals surface area contributed by atoms with Gasteiger partial charge in [0.2, 0.25) is 0 Å². The van der Waals surface area contributed by atoms with Crippen LogP contribution in [0.4, 0.5) is 4.79 Å². The molecular formula is C16H28N2O3. The summed E-state index contributed by atoms with van der Waals surface area (Å²) in [4.78, 5) is 26.0. The molecule has 1 unspecified atom stereocenters. The molecule has 1 atom stereocenters. The zero-order valence-corrected chi connectivity index (χ0v) is 13.2. The number of rotatable bonds is 3. The molecule has 0 radical (unpaired) electrons. The molecule has 1 saturated heterocycles. The zero-order chi connectivity index (χ0) is 15.5. The van der Waals surface area contributed by atoms with E-state index in [2.05, 4.69) is 19.2 Å². The number of carboxylic acids is 1. The number of hydrogen-bond acceptors (Lipinski definition) is 2. The zero-order valence-electron chi connectivity index (χ0n) is 13.2. The van der Waals surface area contributed by atoms with Gasteiger partial charge in [0.05, 0.1) is 0 Å². The highest BCUT2D eigenvalue weighted by molar-refractivity contribution is 5.86. The van der Waals surface area contributed by atoms with Crippen LogP contribution in [0.2, 0.25) is 0 Å². The molecule has 1 heterocycles. The van der Waals surface area contributed by atoms with E-state index >= 15 is 0 Å². The Kier molecular flexibility index (Phi) is 5.12. The van der Waals surface area contributed by atoms with Gasteiger partial charge in [-0.1, -0.05) is 20.3 Å². The van der Waals surface area contributed by atoms with Gasteiger partial charge in [0.15, 0.2) is 0 Å². The van der Waals surface area contributed by atoms with Crippen molar-refractivity contribution in [1.82, 2.24) is 10.2 Å². The van der Waals surface area contributed by atoms with Gasteiger partial charge in [0.1, 0.15) is 5.54 Å². The van der Waals surface area contributed by atoms with Crippen molar-refractivity contribution in [2.45, 2.75) is 64.3 Å². The third-order valence-electron chi connectivity index (χ3n) is 5.27. The van der Waals surface area contributed by atoms with E-state index < -0.39 is 11.5 Å². The number of likely N-dealkylation sites (tertiary alicyclic amines) is 1. The molecule has 2 fully saturated rings. The maximum Gasteiger partial charge on any atom is 0.329 e. The van der Waals surface area contributed by atoms with E-state index in [9.17, 15) is 14.7 Å². The summed E-state index contributed by atoms with van der Waals surface area (Å²) in [6.07, 6.45) is 6.07. The Morgan fingerprint density at radius 2 is 1.95 bits per heavy atom. The molecule has 0 aromatic rings. The summed E-state index contributed by atoms with van der Waals surface area (Å²) in [6, 6.07) is -0.190. The second-order valence-electron chi connectivity index (χ2n) is 6.86. The van der Waals surface area contributed by atoms with E-state index in [0.717, 1.165) is 38.8 Å². The van der Waals surface area contributed by atoms with Crippen molar-refractivity contribution in [3.05, 3.63) is 0 Å². The lowest BCUT2D eigenvalue weighted by Gasteiger charge is -2.39. The van der Waals surface area contributed by atoms with Gasteiger partial charge >= 0.3 is 12.0 Å². The summed E-state index contributed by atoms with van der Waals surface area (Å²) in [7, 11) is 0. The number of carbonyl (C=O) groups is 2. The van der Waals surface area contributed by atoms with E-state index in [1.54, 1.807) is 4.90 Å². The van der Waals surface area contributed by atoms with Gasteiger partial charge in [-0.05, 0) is 50.4 Å². The molecule has 2 rings (SSSR count). The van der Waals surface area contributed by atoms with Gasteiger partial charge in [0.25, 0.3) is 0 Å². The lowest BCUT2D eigenvalue weighted by molar-refractivity contribution is -0.146. The first kappa shape index (κ1) is 16.1. The number of carboxylic acid groups (broad SMARTS) is 1. The van der Waals surface area contributed by atoms with Crippen LogP contribution in [-0.4, -0.2) is 40.6 Å². The Morgan fingerprint density at radius 1 is 1.29 bits per heavy atom. The summed E-state index contributed by atoms with van der Waals surface area (Å²) in [6.45, 7) is 5.79. The molecule has 0 bridgehead atoms. The van der Waals surface area contributed by atoms with Crippen molar-refractivity contribution in [3.63, 3.8) is 0 Å². The van der Waals surface area contributed by atoms with Crippen molar-refractivity contribution < 1.29 is 14.7 Å². The predicted molar refractivity (Wildman–Crippen MR) is 81.1 cm³/mol. The Bertz CT molecular complexity index is 389. The molecular weight excluding hydrogens is 268 g/mol. The van der Waals surface area contributed by atoms with Crippen LogP contribution in [0, 0.1) is 11.8 Å². The third-order valence-corrected chi connectivity index (χ3v) is 5.27. The van der Waals surface area contributed by atoms with Crippen molar-refractivity contribution in [3.8, 4) is 0 Å². The van der Waals surface area contributed by atoms with Gasteiger partial charge in [0, 0.05) is 13.1 Å². The molecule has 120 valence electrons. The number of nitrogens with one attached hydrogen (secondary N) is 1. The largest absolute Gasteiger partial charge is 0.480 e. The molecule has 2 aliphatic rings. The third kappa shape index (κ3) is 3.69. The fourth-order valence-corrected chi connectivity index (χ4v) is 3.51. The predicted octanol–water partition coefficient (Wildman–Crippen LogP) is 2.85. The number of piperidine rings is 1. The Balaban J connectivity index is 2.00. The summed E-state index contributed by atoms with van der Waals surface area (Å²) < 4.78 is 0. The number of amides is 2. The molecule has 5 nitrogen and oxygen atoms in total. The van der Waals surface area contributed by atoms with Crippen LogP contribution in [0.25, 0.3) is 0 Å². The van der Waals surface area contributed by atoms with Crippen molar-refractivity contribution in [2.24, 2.45) is 11.8 Å². The lowest BCUT2D eigenvalue weighted by atomic mass is 9.77. The fourth-order valence-electron chi connectivity index (χ4n) is 3.51. The highest BCUT2D eigenvalue weighted by atomic mass is 16.4. The molecule has 1 aliphatic heterocycles. The molecule has 2 N–H and O–H groups in total. The smallest absolute Gasteiger partial charge is 0.329 e. The maximum absolute atomic E-state index is 12.5. The second-order valence-corrected chi connectivity index (χ2v) is 6.86. The Labute approximate surface area is 127 Å². The van der Waals surface area contributed by atoms with Crippen LogP contribution in [0.5, 0.6) is 0 Å². The van der Waals surface area contributed by atoms with E-state index in [-0.39, 0.29) is 6.03 Å². The molecule has 5 heteroatoms. The van der Waals surface area contributed by atoms with Gasteiger partial charge in [-0.3, -0.25) is 0 Å². The van der Waals surface area contributed by atoms with E-state index in [4.69, 9.17) is 0 Å². The first-order valence-corrected chi connectivity index (χ1v) is 8.27. The van der Waals surface area contributed by atoms with Gasteiger partial charge in [-0.15, -0.1) is 0 Å². The van der Waals surface area contributed by atoms with Gasteiger partial charge in [-0.25, -0.2) is 9.59 Å². The SMILES string of the molecule is CCC1CCCN(C(=O)NC2(C(=O)O)CCC(C)CC2)C1. The van der Waals surface area contributed by atoms with E-state index in [0.29, 0.717) is 24.7 Å². The topological polar surface area (TPSA) is 69.6 Å². The molecule has 2 amide bonds. The van der Waals surface area contributed by atoms with E-state index in [1.807, 2.05) is 0 Å². The summed E-state index contributed by atoms with van der Waals surface area (Å²) >= 11 is 0. The Hall–Kier alpha value is -1.26. The maximum atomic E-state index is 12.5. The average Bonchev–Trinajstić information content (AvgIpc) is 2.49. The number of nitrogens with zero attached hydrogens (tertiary/aromatic N) is 1. The van der Waals surface area contributed by atoms with Crippen LogP contribution >= 0.6 is 0 Å². The van der Waals surface area contributed by atoms with Gasteiger partial charge < -0.3 is 15.3 Å². The minimum Gasteiger partial charge on any atom is -0.480 e. The van der Waals surface area contributed by atoms with Crippen molar-refractivity contribution in [2.75, 3.05) is 13.1 Å². The van der Waals surface area contributed by atoms with Crippen molar-refractivity contribution in [1.29, 1.82) is 0 Å². The normalized spacial score (nSPS) is 33.5. The number of carbonyl (C=O) groups excluding carboxylic acids is 1. The molecule has 0 aromatic carbocycles.